The highest BCUT2D eigenvalue weighted by Crippen LogP contribution is 1.92. The number of methoxy groups -OCH3 is 1. The van der Waals surface area contributed by atoms with Crippen LogP contribution >= 0.6 is 0 Å². The second kappa shape index (κ2) is 5.28. The molecule has 0 saturated heterocycles. The lowest BCUT2D eigenvalue weighted by Gasteiger charge is -2.14. The molecule has 0 aliphatic rings. The summed E-state index contributed by atoms with van der Waals surface area (Å²) in [5.41, 5.74) is -0.371. The van der Waals surface area contributed by atoms with E-state index in [9.17, 15) is 14.4 Å². The molecule has 0 bridgehead atoms. The van der Waals surface area contributed by atoms with Crippen molar-refractivity contribution < 1.29 is 14.3 Å². The largest absolute Gasteiger partial charge is 0.467 e. The van der Waals surface area contributed by atoms with Crippen molar-refractivity contribution in [3.63, 3.8) is 0 Å². The summed E-state index contributed by atoms with van der Waals surface area (Å²) < 4.78 is 6.88. The molecule has 0 aromatic carbocycles. The minimum Gasteiger partial charge on any atom is -0.467 e. The Hall–Kier alpha value is -2.12. The summed E-state index contributed by atoms with van der Waals surface area (Å²) in [6.45, 7) is 1.21. The van der Waals surface area contributed by atoms with E-state index in [-0.39, 0.29) is 18.1 Å². The maximum absolute atomic E-state index is 11.5. The predicted octanol–water partition coefficient (Wildman–Crippen LogP) is -1.74. The van der Waals surface area contributed by atoms with Crippen LogP contribution in [0.25, 0.3) is 0 Å². The van der Waals surface area contributed by atoms with E-state index in [0.29, 0.717) is 0 Å². The first-order valence-electron chi connectivity index (χ1n) is 4.89. The number of rotatable bonds is 4. The number of nitrogens with one attached hydrogen (secondary N) is 1. The van der Waals surface area contributed by atoms with Crippen LogP contribution in [0.3, 0.4) is 0 Å². The van der Waals surface area contributed by atoms with E-state index < -0.39 is 12.0 Å². The van der Waals surface area contributed by atoms with Gasteiger partial charge in [0.25, 0.3) is 0 Å². The molecule has 0 aliphatic carbocycles. The Labute approximate surface area is 97.2 Å². The second-order valence-electron chi connectivity index (χ2n) is 3.48. The zero-order chi connectivity index (χ0) is 13.0. The van der Waals surface area contributed by atoms with Gasteiger partial charge in [-0.3, -0.25) is 9.36 Å². The monoisotopic (exact) mass is 242 g/mol. The molecule has 1 rings (SSSR count). The van der Waals surface area contributed by atoms with Gasteiger partial charge < -0.3 is 10.1 Å². The van der Waals surface area contributed by atoms with Gasteiger partial charge in [0.2, 0.25) is 5.91 Å². The molecule has 0 spiro atoms. The lowest BCUT2D eigenvalue weighted by Crippen LogP contribution is -2.45. The van der Waals surface area contributed by atoms with E-state index in [1.807, 2.05) is 0 Å². The molecule has 0 radical (unpaired) electrons. The van der Waals surface area contributed by atoms with E-state index in [1.165, 1.54) is 32.0 Å². The van der Waals surface area contributed by atoms with Crippen LogP contribution in [-0.4, -0.2) is 39.4 Å². The number of carbonyl (C=O) groups excluding carboxylic acids is 2. The summed E-state index contributed by atoms with van der Waals surface area (Å²) in [5.74, 6) is -1.01. The summed E-state index contributed by atoms with van der Waals surface area (Å²) in [5, 5.41) is 6.18. The standard InChI is InChI=1S/C9H14N4O4/c1-6(14)11-7(8(15)17-3)4-13-9(16)12(2)5-10-13/h5,7H,4H2,1-3H3,(H,11,14). The number of hydrogen-bond donors (Lipinski definition) is 1. The highest BCUT2D eigenvalue weighted by atomic mass is 16.5. The molecule has 17 heavy (non-hydrogen) atoms. The lowest BCUT2D eigenvalue weighted by atomic mass is 10.3. The van der Waals surface area contributed by atoms with Gasteiger partial charge in [0.05, 0.1) is 13.7 Å². The molecular formula is C9H14N4O4. The molecule has 1 aromatic rings. The van der Waals surface area contributed by atoms with Crippen LogP contribution in [-0.2, 0) is 27.9 Å². The first-order valence-corrected chi connectivity index (χ1v) is 4.89. The summed E-state index contributed by atoms with van der Waals surface area (Å²) in [4.78, 5) is 33.8. The fourth-order valence-electron chi connectivity index (χ4n) is 1.29. The molecule has 1 N–H and O–H groups in total. The molecular weight excluding hydrogens is 228 g/mol. The third-order valence-electron chi connectivity index (χ3n) is 2.11. The van der Waals surface area contributed by atoms with Gasteiger partial charge in [-0.1, -0.05) is 0 Å². The van der Waals surface area contributed by atoms with Gasteiger partial charge in [-0.05, 0) is 0 Å². The molecule has 1 unspecified atom stereocenters. The zero-order valence-corrected chi connectivity index (χ0v) is 9.84. The second-order valence-corrected chi connectivity index (χ2v) is 3.48. The van der Waals surface area contributed by atoms with Crippen LogP contribution in [0.1, 0.15) is 6.92 Å². The van der Waals surface area contributed by atoms with Crippen LogP contribution in [0, 0.1) is 0 Å². The molecule has 0 fully saturated rings. The SMILES string of the molecule is COC(=O)C(Cn1ncn(C)c1=O)NC(C)=O. The van der Waals surface area contributed by atoms with Gasteiger partial charge in [0, 0.05) is 14.0 Å². The third kappa shape index (κ3) is 3.16. The highest BCUT2D eigenvalue weighted by molar-refractivity contribution is 5.83. The molecule has 0 saturated carbocycles. The minimum absolute atomic E-state index is 0.0636. The van der Waals surface area contributed by atoms with Crippen molar-refractivity contribution in [2.24, 2.45) is 7.05 Å². The molecule has 8 nitrogen and oxygen atoms in total. The Morgan fingerprint density at radius 2 is 2.24 bits per heavy atom. The average Bonchev–Trinajstić information content (AvgIpc) is 2.58. The van der Waals surface area contributed by atoms with Gasteiger partial charge >= 0.3 is 11.7 Å². The van der Waals surface area contributed by atoms with Gasteiger partial charge in [0.15, 0.2) is 0 Å². The van der Waals surface area contributed by atoms with Crippen molar-refractivity contribution in [1.82, 2.24) is 19.7 Å². The Kier molecular flexibility index (Phi) is 4.02. The number of aromatic nitrogens is 3. The summed E-state index contributed by atoms with van der Waals surface area (Å²) >= 11 is 0. The quantitative estimate of drug-likeness (QED) is 0.632. The van der Waals surface area contributed by atoms with E-state index in [4.69, 9.17) is 0 Å². The number of esters is 1. The summed E-state index contributed by atoms with van der Waals surface area (Å²) in [6, 6.07) is -0.926. The zero-order valence-electron chi connectivity index (χ0n) is 9.84. The van der Waals surface area contributed by atoms with Crippen molar-refractivity contribution >= 4 is 11.9 Å². The van der Waals surface area contributed by atoms with Crippen LogP contribution < -0.4 is 11.0 Å². The summed E-state index contributed by atoms with van der Waals surface area (Å²) in [6.07, 6.45) is 1.32. The number of hydrogen-bond acceptors (Lipinski definition) is 5. The molecule has 94 valence electrons. The van der Waals surface area contributed by atoms with Crippen molar-refractivity contribution in [2.75, 3.05) is 7.11 Å². The van der Waals surface area contributed by atoms with Crippen molar-refractivity contribution in [1.29, 1.82) is 0 Å². The van der Waals surface area contributed by atoms with E-state index >= 15 is 0 Å². The lowest BCUT2D eigenvalue weighted by molar-refractivity contribution is -0.145. The van der Waals surface area contributed by atoms with Crippen LogP contribution in [0.4, 0.5) is 0 Å². The predicted molar refractivity (Wildman–Crippen MR) is 57.1 cm³/mol. The van der Waals surface area contributed by atoms with Gasteiger partial charge in [0.1, 0.15) is 12.4 Å². The van der Waals surface area contributed by atoms with Crippen molar-refractivity contribution in [3.05, 3.63) is 16.8 Å². The van der Waals surface area contributed by atoms with Crippen LogP contribution in [0.2, 0.25) is 0 Å². The van der Waals surface area contributed by atoms with Crippen molar-refractivity contribution in [2.45, 2.75) is 19.5 Å². The maximum Gasteiger partial charge on any atom is 0.345 e. The van der Waals surface area contributed by atoms with Crippen molar-refractivity contribution in [3.8, 4) is 0 Å². The van der Waals surface area contributed by atoms with Crippen LogP contribution in [0.5, 0.6) is 0 Å². The first-order chi connectivity index (χ1) is 7.95. The third-order valence-corrected chi connectivity index (χ3v) is 2.11. The van der Waals surface area contributed by atoms with Crippen LogP contribution in [0.15, 0.2) is 11.1 Å². The molecule has 1 heterocycles. The van der Waals surface area contributed by atoms with E-state index in [0.717, 1.165) is 4.68 Å². The molecule has 8 heteroatoms. The topological polar surface area (TPSA) is 95.2 Å². The smallest absolute Gasteiger partial charge is 0.345 e. The number of nitrogens with zero attached hydrogens (tertiary/aromatic N) is 3. The number of ether oxygens (including phenoxy) is 1. The molecule has 1 amide bonds. The number of amides is 1. The summed E-state index contributed by atoms with van der Waals surface area (Å²) in [7, 11) is 2.75. The van der Waals surface area contributed by atoms with Gasteiger partial charge in [-0.15, -0.1) is 0 Å². The average molecular weight is 242 g/mol. The van der Waals surface area contributed by atoms with E-state index in [2.05, 4.69) is 15.2 Å². The Morgan fingerprint density at radius 3 is 2.65 bits per heavy atom. The normalized spacial score (nSPS) is 11.9. The Morgan fingerprint density at radius 1 is 1.59 bits per heavy atom. The molecule has 0 aliphatic heterocycles. The maximum atomic E-state index is 11.5. The Bertz CT molecular complexity index is 476. The van der Waals surface area contributed by atoms with E-state index in [1.54, 1.807) is 0 Å². The van der Waals surface area contributed by atoms with Gasteiger partial charge in [-0.2, -0.15) is 5.10 Å². The minimum atomic E-state index is -0.926. The fourth-order valence-corrected chi connectivity index (χ4v) is 1.29. The van der Waals surface area contributed by atoms with Gasteiger partial charge in [-0.25, -0.2) is 14.3 Å². The Balaban J connectivity index is 2.86. The fraction of sp³-hybridized carbons (Fsp3) is 0.556. The molecule has 1 atom stereocenters. The molecule has 1 aromatic heterocycles. The number of aryl methyl sites for hydroxylation is 1. The number of carbonyl (C=O) groups is 2. The first kappa shape index (κ1) is 12.9. The highest BCUT2D eigenvalue weighted by Gasteiger charge is 2.22.